The summed E-state index contributed by atoms with van der Waals surface area (Å²) in [5, 5.41) is 20.1. The first kappa shape index (κ1) is 25.5. The van der Waals surface area contributed by atoms with E-state index in [1.165, 1.54) is 11.1 Å². The Balaban J connectivity index is 0.00000306. The second-order valence-corrected chi connectivity index (χ2v) is 8.54. The van der Waals surface area contributed by atoms with E-state index in [-0.39, 0.29) is 35.8 Å². The number of aliphatic hydroxyl groups is 1. The van der Waals surface area contributed by atoms with Crippen LogP contribution in [0.3, 0.4) is 0 Å². The summed E-state index contributed by atoms with van der Waals surface area (Å²) < 4.78 is 0. The molecule has 4 rings (SSSR count). The zero-order valence-electron chi connectivity index (χ0n) is 19.1. The fourth-order valence-corrected chi connectivity index (χ4v) is 4.51. The second kappa shape index (κ2) is 12.3. The molecular weight excluding hydrogens is 529 g/mol. The van der Waals surface area contributed by atoms with Crippen LogP contribution in [0.4, 0.5) is 5.69 Å². The van der Waals surface area contributed by atoms with Crippen LogP contribution < -0.4 is 16.0 Å². The van der Waals surface area contributed by atoms with Crippen molar-refractivity contribution in [1.82, 2.24) is 15.5 Å². The summed E-state index contributed by atoms with van der Waals surface area (Å²) in [6.45, 7) is 6.12. The van der Waals surface area contributed by atoms with Crippen molar-refractivity contribution in [2.75, 3.05) is 38.0 Å². The molecule has 0 bridgehead atoms. The summed E-state index contributed by atoms with van der Waals surface area (Å²) in [6, 6.07) is 16.5. The largest absolute Gasteiger partial charge is 0.390 e. The smallest absolute Gasteiger partial charge is 0.225 e. The van der Waals surface area contributed by atoms with Gasteiger partial charge in [-0.25, -0.2) is 0 Å². The van der Waals surface area contributed by atoms with E-state index in [9.17, 15) is 9.90 Å². The number of hydrogen-bond donors (Lipinski definition) is 4. The summed E-state index contributed by atoms with van der Waals surface area (Å²) in [7, 11) is 0. The number of benzene rings is 2. The fraction of sp³-hybridized carbons (Fsp3) is 0.440. The number of amides is 1. The van der Waals surface area contributed by atoms with Gasteiger partial charge in [0, 0.05) is 50.7 Å². The number of anilines is 1. The van der Waals surface area contributed by atoms with Crippen LogP contribution in [0.25, 0.3) is 0 Å². The maximum Gasteiger partial charge on any atom is 0.225 e. The summed E-state index contributed by atoms with van der Waals surface area (Å²) >= 11 is 0. The van der Waals surface area contributed by atoms with Gasteiger partial charge in [-0.05, 0) is 36.1 Å². The standard InChI is InChI=1S/C25H33N5O2.HI/c1-2-26-25(27-14-20-13-24(32)29-23-10-6-5-9-22(20)23)28-15-21(31)17-30-12-11-18-7-3-4-8-19(18)16-30;/h3-10,20-21,31H,2,11-17H2,1H3,(H,29,32)(H2,26,27,28);1H. The third-order valence-corrected chi connectivity index (χ3v) is 6.11. The van der Waals surface area contributed by atoms with Gasteiger partial charge >= 0.3 is 0 Å². The van der Waals surface area contributed by atoms with Crippen LogP contribution in [0.5, 0.6) is 0 Å². The number of nitrogens with one attached hydrogen (secondary N) is 3. The molecule has 0 spiro atoms. The molecule has 2 unspecified atom stereocenters. The normalized spacial score (nSPS) is 18.9. The van der Waals surface area contributed by atoms with Gasteiger partial charge in [-0.15, -0.1) is 24.0 Å². The molecule has 2 aromatic rings. The van der Waals surface area contributed by atoms with Crippen molar-refractivity contribution in [2.24, 2.45) is 4.99 Å². The Morgan fingerprint density at radius 2 is 1.94 bits per heavy atom. The Morgan fingerprint density at radius 1 is 1.18 bits per heavy atom. The topological polar surface area (TPSA) is 89.0 Å². The van der Waals surface area contributed by atoms with E-state index in [2.05, 4.69) is 56.2 Å². The number of para-hydroxylation sites is 1. The Hall–Kier alpha value is -2.17. The average Bonchev–Trinajstić information content (AvgIpc) is 2.80. The first-order valence-corrected chi connectivity index (χ1v) is 11.5. The van der Waals surface area contributed by atoms with Gasteiger partial charge in [0.05, 0.1) is 12.6 Å². The molecule has 0 saturated carbocycles. The molecule has 4 N–H and O–H groups in total. The predicted octanol–water partition coefficient (Wildman–Crippen LogP) is 2.70. The lowest BCUT2D eigenvalue weighted by Crippen LogP contribution is -2.42. The minimum absolute atomic E-state index is 0. The van der Waals surface area contributed by atoms with Crippen LogP contribution in [-0.2, 0) is 17.8 Å². The van der Waals surface area contributed by atoms with Gasteiger partial charge < -0.3 is 21.1 Å². The van der Waals surface area contributed by atoms with Crippen molar-refractivity contribution >= 4 is 41.5 Å². The third kappa shape index (κ3) is 6.91. The Kier molecular flexibility index (Phi) is 9.52. The fourth-order valence-electron chi connectivity index (χ4n) is 4.51. The molecule has 0 fully saturated rings. The molecule has 178 valence electrons. The van der Waals surface area contributed by atoms with Crippen molar-refractivity contribution in [1.29, 1.82) is 0 Å². The molecule has 0 radical (unpaired) electrons. The van der Waals surface area contributed by atoms with Crippen LogP contribution in [-0.4, -0.2) is 60.7 Å². The number of nitrogens with zero attached hydrogens (tertiary/aromatic N) is 2. The van der Waals surface area contributed by atoms with Crippen LogP contribution >= 0.6 is 24.0 Å². The third-order valence-electron chi connectivity index (χ3n) is 6.11. The molecule has 1 amide bonds. The molecule has 2 aliphatic heterocycles. The Morgan fingerprint density at radius 3 is 2.76 bits per heavy atom. The summed E-state index contributed by atoms with van der Waals surface area (Å²) in [6.07, 6.45) is 0.937. The van der Waals surface area contributed by atoms with Gasteiger partial charge in [0.2, 0.25) is 5.91 Å². The van der Waals surface area contributed by atoms with Gasteiger partial charge in [0.1, 0.15) is 0 Å². The number of β-amino-alcohol motifs (C(OH)–C–C–N with tert-alkyl or cyclic N) is 1. The summed E-state index contributed by atoms with van der Waals surface area (Å²) in [5.41, 5.74) is 4.78. The van der Waals surface area contributed by atoms with E-state index in [1.807, 2.05) is 25.1 Å². The maximum absolute atomic E-state index is 12.1. The number of carbonyl (C=O) groups is 1. The van der Waals surface area contributed by atoms with Crippen LogP contribution in [0.1, 0.15) is 36.0 Å². The van der Waals surface area contributed by atoms with Crippen molar-refractivity contribution in [3.63, 3.8) is 0 Å². The zero-order valence-corrected chi connectivity index (χ0v) is 21.4. The molecule has 8 heteroatoms. The first-order chi connectivity index (χ1) is 15.6. The number of halogens is 1. The Bertz CT molecular complexity index is 967. The number of carbonyl (C=O) groups excluding carboxylic acids is 1. The maximum atomic E-state index is 12.1. The van der Waals surface area contributed by atoms with Gasteiger partial charge in [0.15, 0.2) is 5.96 Å². The zero-order chi connectivity index (χ0) is 22.3. The number of guanidine groups is 1. The first-order valence-electron chi connectivity index (χ1n) is 11.5. The number of fused-ring (bicyclic) bond motifs is 2. The lowest BCUT2D eigenvalue weighted by Gasteiger charge is -2.30. The highest BCUT2D eigenvalue weighted by atomic mass is 127. The highest BCUT2D eigenvalue weighted by Gasteiger charge is 2.25. The number of hydrogen-bond acceptors (Lipinski definition) is 4. The molecule has 0 saturated heterocycles. The molecule has 7 nitrogen and oxygen atoms in total. The van der Waals surface area contributed by atoms with E-state index < -0.39 is 6.10 Å². The monoisotopic (exact) mass is 563 g/mol. The molecule has 33 heavy (non-hydrogen) atoms. The molecule has 2 heterocycles. The molecule has 2 aromatic carbocycles. The average molecular weight is 563 g/mol. The van der Waals surface area contributed by atoms with E-state index in [0.29, 0.717) is 32.0 Å². The van der Waals surface area contributed by atoms with E-state index >= 15 is 0 Å². The minimum atomic E-state index is -0.531. The summed E-state index contributed by atoms with van der Waals surface area (Å²) in [5.74, 6) is 0.789. The van der Waals surface area contributed by atoms with Crippen molar-refractivity contribution in [3.8, 4) is 0 Å². The number of rotatable bonds is 7. The lowest BCUT2D eigenvalue weighted by atomic mass is 9.90. The minimum Gasteiger partial charge on any atom is -0.390 e. The molecular formula is C25H34IN5O2. The quantitative estimate of drug-likeness (QED) is 0.237. The van der Waals surface area contributed by atoms with Gasteiger partial charge in [0.25, 0.3) is 0 Å². The van der Waals surface area contributed by atoms with Crippen molar-refractivity contribution in [3.05, 3.63) is 65.2 Å². The van der Waals surface area contributed by atoms with Gasteiger partial charge in [-0.3, -0.25) is 14.7 Å². The predicted molar refractivity (Wildman–Crippen MR) is 143 cm³/mol. The lowest BCUT2D eigenvalue weighted by molar-refractivity contribution is -0.116. The van der Waals surface area contributed by atoms with Crippen LogP contribution in [0.2, 0.25) is 0 Å². The van der Waals surface area contributed by atoms with E-state index in [1.54, 1.807) is 0 Å². The molecule has 0 aromatic heterocycles. The van der Waals surface area contributed by atoms with E-state index in [0.717, 1.165) is 37.3 Å². The highest BCUT2D eigenvalue weighted by Crippen LogP contribution is 2.31. The van der Waals surface area contributed by atoms with Crippen LogP contribution in [0.15, 0.2) is 53.5 Å². The SMILES string of the molecule is CCNC(=NCC(O)CN1CCc2ccccc2C1)NCC1CC(=O)Nc2ccccc21.I. The number of aliphatic hydroxyl groups excluding tert-OH is 1. The van der Waals surface area contributed by atoms with Gasteiger partial charge in [-0.1, -0.05) is 42.5 Å². The Labute approximate surface area is 213 Å². The highest BCUT2D eigenvalue weighted by molar-refractivity contribution is 14.0. The van der Waals surface area contributed by atoms with Crippen LogP contribution in [0, 0.1) is 0 Å². The molecule has 2 aliphatic rings. The molecule has 2 atom stereocenters. The van der Waals surface area contributed by atoms with Gasteiger partial charge in [-0.2, -0.15) is 0 Å². The van der Waals surface area contributed by atoms with Crippen molar-refractivity contribution in [2.45, 2.75) is 38.3 Å². The van der Waals surface area contributed by atoms with E-state index in [4.69, 9.17) is 0 Å². The molecule has 0 aliphatic carbocycles. The number of aliphatic imine (C=N–C) groups is 1. The summed E-state index contributed by atoms with van der Waals surface area (Å²) in [4.78, 5) is 19.0. The van der Waals surface area contributed by atoms with Crippen molar-refractivity contribution < 1.29 is 9.90 Å². The second-order valence-electron chi connectivity index (χ2n) is 8.54.